The molecule has 2 N–H and O–H groups in total. The van der Waals surface area contributed by atoms with E-state index in [1.165, 1.54) is 19.3 Å². The molecule has 2 aliphatic rings. The van der Waals surface area contributed by atoms with Gasteiger partial charge in [-0.2, -0.15) is 0 Å². The molecule has 106 valence electrons. The summed E-state index contributed by atoms with van der Waals surface area (Å²) >= 11 is 0. The maximum Gasteiger partial charge on any atom is 0.0767 e. The van der Waals surface area contributed by atoms with Crippen molar-refractivity contribution >= 4 is 0 Å². The lowest BCUT2D eigenvalue weighted by Gasteiger charge is -2.52. The quantitative estimate of drug-likeness (QED) is 0.825. The maximum atomic E-state index is 6.16. The highest BCUT2D eigenvalue weighted by molar-refractivity contribution is 5.02. The molecule has 1 heterocycles. The van der Waals surface area contributed by atoms with Crippen LogP contribution >= 0.6 is 0 Å². The minimum absolute atomic E-state index is 0.0458. The molecule has 0 radical (unpaired) electrons. The second kappa shape index (κ2) is 6.33. The van der Waals surface area contributed by atoms with Crippen LogP contribution in [0.15, 0.2) is 0 Å². The molecule has 1 saturated heterocycles. The van der Waals surface area contributed by atoms with E-state index in [4.69, 9.17) is 15.2 Å². The summed E-state index contributed by atoms with van der Waals surface area (Å²) in [4.78, 5) is 2.55. The minimum atomic E-state index is 0.0458. The van der Waals surface area contributed by atoms with Crippen LogP contribution in [-0.2, 0) is 9.47 Å². The highest BCUT2D eigenvalue weighted by atomic mass is 16.5. The van der Waals surface area contributed by atoms with Crippen LogP contribution in [0.3, 0.4) is 0 Å². The molecular formula is C14H28N2O2. The van der Waals surface area contributed by atoms with E-state index < -0.39 is 0 Å². The van der Waals surface area contributed by atoms with Gasteiger partial charge >= 0.3 is 0 Å². The molecule has 4 nitrogen and oxygen atoms in total. The molecule has 3 unspecified atom stereocenters. The maximum absolute atomic E-state index is 6.16. The molecule has 4 heteroatoms. The van der Waals surface area contributed by atoms with Crippen LogP contribution in [0.2, 0.25) is 0 Å². The molecule has 1 saturated carbocycles. The van der Waals surface area contributed by atoms with Crippen molar-refractivity contribution < 1.29 is 9.47 Å². The molecule has 1 aliphatic heterocycles. The highest BCUT2D eigenvalue weighted by Crippen LogP contribution is 2.36. The van der Waals surface area contributed by atoms with Crippen molar-refractivity contribution in [3.05, 3.63) is 0 Å². The van der Waals surface area contributed by atoms with Gasteiger partial charge < -0.3 is 15.2 Å². The topological polar surface area (TPSA) is 47.7 Å². The van der Waals surface area contributed by atoms with Crippen molar-refractivity contribution in [1.29, 1.82) is 0 Å². The van der Waals surface area contributed by atoms with Crippen molar-refractivity contribution in [3.8, 4) is 0 Å². The monoisotopic (exact) mass is 256 g/mol. The van der Waals surface area contributed by atoms with Crippen molar-refractivity contribution in [1.82, 2.24) is 4.90 Å². The lowest BCUT2D eigenvalue weighted by molar-refractivity contribution is -0.126. The first-order valence-electron chi connectivity index (χ1n) is 7.36. The predicted octanol–water partition coefficient (Wildman–Crippen LogP) is 1.38. The Morgan fingerprint density at radius 2 is 2.28 bits per heavy atom. The number of hydrogen-bond donors (Lipinski definition) is 1. The number of nitrogens with zero attached hydrogens (tertiary/aromatic N) is 1. The van der Waals surface area contributed by atoms with Gasteiger partial charge in [-0.3, -0.25) is 4.90 Å². The van der Waals surface area contributed by atoms with Gasteiger partial charge in [0.25, 0.3) is 0 Å². The van der Waals surface area contributed by atoms with Crippen molar-refractivity contribution in [2.75, 3.05) is 33.4 Å². The van der Waals surface area contributed by atoms with Gasteiger partial charge in [-0.05, 0) is 19.3 Å². The van der Waals surface area contributed by atoms with Crippen LogP contribution in [0.25, 0.3) is 0 Å². The largest absolute Gasteiger partial charge is 0.379 e. The number of rotatable bonds is 4. The van der Waals surface area contributed by atoms with Gasteiger partial charge in [0, 0.05) is 26.7 Å². The van der Waals surface area contributed by atoms with Crippen LogP contribution in [0.5, 0.6) is 0 Å². The van der Waals surface area contributed by atoms with Gasteiger partial charge in [0.15, 0.2) is 0 Å². The summed E-state index contributed by atoms with van der Waals surface area (Å²) in [6, 6.07) is 0. The second-order valence-electron chi connectivity index (χ2n) is 5.62. The fraction of sp³-hybridized carbons (Fsp3) is 1.00. The standard InChI is InChI=1S/C14H28N2O2/c1-3-12-10-16(8-9-18-12)14(11-15)7-5-4-6-13(14)17-2/h12-13H,3-11,15H2,1-2H3. The summed E-state index contributed by atoms with van der Waals surface area (Å²) in [5.41, 5.74) is 6.21. The Bertz CT molecular complexity index is 262. The van der Waals surface area contributed by atoms with E-state index in [-0.39, 0.29) is 11.6 Å². The first-order valence-corrected chi connectivity index (χ1v) is 7.36. The first-order chi connectivity index (χ1) is 8.76. The highest BCUT2D eigenvalue weighted by Gasteiger charge is 2.46. The van der Waals surface area contributed by atoms with Gasteiger partial charge in [0.2, 0.25) is 0 Å². The Morgan fingerprint density at radius 1 is 1.44 bits per heavy atom. The fourth-order valence-electron chi connectivity index (χ4n) is 3.62. The summed E-state index contributed by atoms with van der Waals surface area (Å²) < 4.78 is 11.5. The molecule has 2 fully saturated rings. The predicted molar refractivity (Wildman–Crippen MR) is 72.7 cm³/mol. The zero-order chi connectivity index (χ0) is 13.0. The average Bonchev–Trinajstić information content (AvgIpc) is 2.47. The molecule has 0 amide bonds. The number of morpholine rings is 1. The Balaban J connectivity index is 2.13. The summed E-state index contributed by atoms with van der Waals surface area (Å²) in [7, 11) is 1.83. The zero-order valence-electron chi connectivity index (χ0n) is 11.9. The van der Waals surface area contributed by atoms with E-state index in [0.29, 0.717) is 12.6 Å². The van der Waals surface area contributed by atoms with Crippen molar-refractivity contribution in [3.63, 3.8) is 0 Å². The van der Waals surface area contributed by atoms with Crippen LogP contribution < -0.4 is 5.73 Å². The molecule has 1 aliphatic carbocycles. The second-order valence-corrected chi connectivity index (χ2v) is 5.62. The Labute approximate surface area is 111 Å². The smallest absolute Gasteiger partial charge is 0.0767 e. The Hall–Kier alpha value is -0.160. The third-order valence-electron chi connectivity index (χ3n) is 4.79. The summed E-state index contributed by atoms with van der Waals surface area (Å²) in [5.74, 6) is 0. The fourth-order valence-corrected chi connectivity index (χ4v) is 3.62. The van der Waals surface area contributed by atoms with Gasteiger partial charge in [0.05, 0.1) is 24.4 Å². The molecule has 3 atom stereocenters. The van der Waals surface area contributed by atoms with E-state index >= 15 is 0 Å². The molecule has 0 aromatic carbocycles. The normalized spacial score (nSPS) is 38.8. The number of nitrogens with two attached hydrogens (primary N) is 1. The lowest BCUT2D eigenvalue weighted by Crippen LogP contribution is -2.66. The zero-order valence-corrected chi connectivity index (χ0v) is 11.9. The SMILES string of the molecule is CCC1CN(C2(CN)CCCCC2OC)CCO1. The summed E-state index contributed by atoms with van der Waals surface area (Å²) in [6.45, 7) is 5.72. The van der Waals surface area contributed by atoms with Crippen LogP contribution in [0.1, 0.15) is 39.0 Å². The van der Waals surface area contributed by atoms with Crippen LogP contribution in [0.4, 0.5) is 0 Å². The molecule has 0 aromatic heterocycles. The molecular weight excluding hydrogens is 228 g/mol. The average molecular weight is 256 g/mol. The molecule has 0 bridgehead atoms. The lowest BCUT2D eigenvalue weighted by atomic mass is 9.77. The van der Waals surface area contributed by atoms with Gasteiger partial charge in [-0.15, -0.1) is 0 Å². The van der Waals surface area contributed by atoms with E-state index in [1.807, 2.05) is 7.11 Å². The Kier molecular flexibility index (Phi) is 5.01. The van der Waals surface area contributed by atoms with Gasteiger partial charge in [0.1, 0.15) is 0 Å². The number of ether oxygens (including phenoxy) is 2. The van der Waals surface area contributed by atoms with Crippen molar-refractivity contribution in [2.45, 2.75) is 56.8 Å². The third kappa shape index (κ3) is 2.57. The Morgan fingerprint density at radius 3 is 2.94 bits per heavy atom. The van der Waals surface area contributed by atoms with Crippen LogP contribution in [-0.4, -0.2) is 56.0 Å². The van der Waals surface area contributed by atoms with E-state index in [1.54, 1.807) is 0 Å². The van der Waals surface area contributed by atoms with E-state index in [0.717, 1.165) is 32.5 Å². The number of methoxy groups -OCH3 is 1. The molecule has 0 spiro atoms. The van der Waals surface area contributed by atoms with Crippen LogP contribution in [0, 0.1) is 0 Å². The summed E-state index contributed by atoms with van der Waals surface area (Å²) in [5, 5.41) is 0. The van der Waals surface area contributed by atoms with E-state index in [9.17, 15) is 0 Å². The molecule has 18 heavy (non-hydrogen) atoms. The van der Waals surface area contributed by atoms with E-state index in [2.05, 4.69) is 11.8 Å². The molecule has 0 aromatic rings. The number of hydrogen-bond acceptors (Lipinski definition) is 4. The summed E-state index contributed by atoms with van der Waals surface area (Å²) in [6.07, 6.45) is 6.57. The molecule has 2 rings (SSSR count). The third-order valence-corrected chi connectivity index (χ3v) is 4.79. The van der Waals surface area contributed by atoms with Gasteiger partial charge in [-0.25, -0.2) is 0 Å². The van der Waals surface area contributed by atoms with Crippen molar-refractivity contribution in [2.24, 2.45) is 5.73 Å². The first kappa shape index (κ1) is 14.3. The van der Waals surface area contributed by atoms with Gasteiger partial charge in [-0.1, -0.05) is 19.8 Å². The minimum Gasteiger partial charge on any atom is -0.379 e.